The van der Waals surface area contributed by atoms with Crippen LogP contribution in [-0.2, 0) is 6.54 Å². The maximum absolute atomic E-state index is 13.7. The topological polar surface area (TPSA) is 29.3 Å². The van der Waals surface area contributed by atoms with Crippen LogP contribution >= 0.6 is 0 Å². The molecule has 0 aromatic heterocycles. The highest BCUT2D eigenvalue weighted by Gasteiger charge is 2.33. The molecule has 0 spiro atoms. The molecule has 3 rings (SSSR count). The zero-order valence-electron chi connectivity index (χ0n) is 11.7. The standard InChI is InChI=1S/C17H21FN2/c18-16-9-14(2-1-7-19)8-15(10-16)12-20(17-5-6-17)11-13-3-4-13/h8-10,13,17H,3-7,11-12,19H2. The molecule has 0 unspecified atom stereocenters. The van der Waals surface area contributed by atoms with Gasteiger partial charge in [0.15, 0.2) is 0 Å². The maximum Gasteiger partial charge on any atom is 0.124 e. The number of rotatable bonds is 5. The highest BCUT2D eigenvalue weighted by Crippen LogP contribution is 2.35. The third-order valence-electron chi connectivity index (χ3n) is 3.93. The minimum atomic E-state index is -0.203. The van der Waals surface area contributed by atoms with E-state index in [1.165, 1.54) is 38.3 Å². The van der Waals surface area contributed by atoms with Crippen LogP contribution in [0.15, 0.2) is 18.2 Å². The van der Waals surface area contributed by atoms with Gasteiger partial charge in [0, 0.05) is 24.7 Å². The second-order valence-corrected chi connectivity index (χ2v) is 5.96. The van der Waals surface area contributed by atoms with Gasteiger partial charge in [0.05, 0.1) is 6.54 Å². The minimum Gasteiger partial charge on any atom is -0.320 e. The molecule has 2 aliphatic rings. The Hall–Kier alpha value is -1.37. The molecule has 2 fully saturated rings. The van der Waals surface area contributed by atoms with Crippen LogP contribution in [0.4, 0.5) is 4.39 Å². The molecule has 3 heteroatoms. The number of benzene rings is 1. The lowest BCUT2D eigenvalue weighted by atomic mass is 10.1. The summed E-state index contributed by atoms with van der Waals surface area (Å²) in [6.45, 7) is 2.32. The first-order valence-electron chi connectivity index (χ1n) is 7.47. The van der Waals surface area contributed by atoms with Gasteiger partial charge in [-0.25, -0.2) is 4.39 Å². The van der Waals surface area contributed by atoms with E-state index in [-0.39, 0.29) is 5.82 Å². The molecule has 2 saturated carbocycles. The van der Waals surface area contributed by atoms with Crippen LogP contribution in [0, 0.1) is 23.6 Å². The number of hydrogen-bond donors (Lipinski definition) is 1. The zero-order valence-corrected chi connectivity index (χ0v) is 11.7. The van der Waals surface area contributed by atoms with E-state index in [0.29, 0.717) is 6.54 Å². The summed E-state index contributed by atoms with van der Waals surface area (Å²) < 4.78 is 13.7. The lowest BCUT2D eigenvalue weighted by molar-refractivity contribution is 0.244. The summed E-state index contributed by atoms with van der Waals surface area (Å²) in [5.41, 5.74) is 7.12. The number of hydrogen-bond acceptors (Lipinski definition) is 2. The van der Waals surface area contributed by atoms with Crippen molar-refractivity contribution in [2.75, 3.05) is 13.1 Å². The van der Waals surface area contributed by atoms with Crippen molar-refractivity contribution < 1.29 is 4.39 Å². The van der Waals surface area contributed by atoms with E-state index in [1.54, 1.807) is 6.07 Å². The summed E-state index contributed by atoms with van der Waals surface area (Å²) in [7, 11) is 0. The smallest absolute Gasteiger partial charge is 0.124 e. The Morgan fingerprint density at radius 2 is 2.00 bits per heavy atom. The van der Waals surface area contributed by atoms with Crippen LogP contribution in [0.3, 0.4) is 0 Å². The minimum absolute atomic E-state index is 0.203. The van der Waals surface area contributed by atoms with Crippen molar-refractivity contribution in [3.63, 3.8) is 0 Å². The average Bonchev–Trinajstić information content (AvgIpc) is 3.26. The summed E-state index contributed by atoms with van der Waals surface area (Å²) >= 11 is 0. The molecule has 2 N–H and O–H groups in total. The van der Waals surface area contributed by atoms with Gasteiger partial charge in [-0.2, -0.15) is 0 Å². The van der Waals surface area contributed by atoms with Crippen molar-refractivity contribution in [1.29, 1.82) is 0 Å². The lowest BCUT2D eigenvalue weighted by Crippen LogP contribution is -2.27. The number of nitrogens with zero attached hydrogens (tertiary/aromatic N) is 1. The molecular formula is C17H21FN2. The molecule has 1 aromatic rings. The molecule has 1 aromatic carbocycles. The van der Waals surface area contributed by atoms with Crippen molar-refractivity contribution >= 4 is 0 Å². The Morgan fingerprint density at radius 3 is 2.65 bits per heavy atom. The Morgan fingerprint density at radius 1 is 1.20 bits per heavy atom. The van der Waals surface area contributed by atoms with Crippen LogP contribution in [0.5, 0.6) is 0 Å². The van der Waals surface area contributed by atoms with Crippen LogP contribution in [0.25, 0.3) is 0 Å². The zero-order chi connectivity index (χ0) is 13.9. The van der Waals surface area contributed by atoms with Gasteiger partial charge in [-0.05, 0) is 55.4 Å². The van der Waals surface area contributed by atoms with Crippen LogP contribution in [0.1, 0.15) is 36.8 Å². The van der Waals surface area contributed by atoms with Crippen LogP contribution in [0.2, 0.25) is 0 Å². The first-order valence-corrected chi connectivity index (χ1v) is 7.47. The molecule has 20 heavy (non-hydrogen) atoms. The fourth-order valence-electron chi connectivity index (χ4n) is 2.62. The van der Waals surface area contributed by atoms with E-state index >= 15 is 0 Å². The average molecular weight is 272 g/mol. The maximum atomic E-state index is 13.7. The van der Waals surface area contributed by atoms with E-state index in [0.717, 1.165) is 29.6 Å². The molecule has 0 amide bonds. The molecule has 0 saturated heterocycles. The van der Waals surface area contributed by atoms with Crippen molar-refractivity contribution in [2.45, 2.75) is 38.3 Å². The van der Waals surface area contributed by atoms with Crippen molar-refractivity contribution in [1.82, 2.24) is 4.90 Å². The predicted octanol–water partition coefficient (Wildman–Crippen LogP) is 2.51. The molecule has 0 heterocycles. The third kappa shape index (κ3) is 3.82. The van der Waals surface area contributed by atoms with Crippen molar-refractivity contribution in [2.24, 2.45) is 11.7 Å². The van der Waals surface area contributed by atoms with E-state index in [9.17, 15) is 4.39 Å². The van der Waals surface area contributed by atoms with E-state index in [2.05, 4.69) is 16.7 Å². The van der Waals surface area contributed by atoms with Gasteiger partial charge >= 0.3 is 0 Å². The van der Waals surface area contributed by atoms with E-state index in [4.69, 9.17) is 5.73 Å². The Bertz CT molecular complexity index is 536. The normalized spacial score (nSPS) is 17.9. The fourth-order valence-corrected chi connectivity index (χ4v) is 2.62. The molecular weight excluding hydrogens is 251 g/mol. The van der Waals surface area contributed by atoms with Crippen molar-refractivity contribution in [3.8, 4) is 11.8 Å². The van der Waals surface area contributed by atoms with E-state index in [1.807, 2.05) is 6.07 Å². The summed E-state index contributed by atoms with van der Waals surface area (Å²) in [4.78, 5) is 2.52. The van der Waals surface area contributed by atoms with Gasteiger partial charge in [0.25, 0.3) is 0 Å². The summed E-state index contributed by atoms with van der Waals surface area (Å²) in [6, 6.07) is 5.83. The highest BCUT2D eigenvalue weighted by molar-refractivity contribution is 5.38. The number of nitrogens with two attached hydrogens (primary N) is 1. The third-order valence-corrected chi connectivity index (χ3v) is 3.93. The monoisotopic (exact) mass is 272 g/mol. The predicted molar refractivity (Wildman–Crippen MR) is 78.5 cm³/mol. The first kappa shape index (κ1) is 13.6. The van der Waals surface area contributed by atoms with Gasteiger partial charge in [0.1, 0.15) is 5.82 Å². The van der Waals surface area contributed by atoms with Crippen LogP contribution in [-0.4, -0.2) is 24.0 Å². The van der Waals surface area contributed by atoms with Crippen LogP contribution < -0.4 is 5.73 Å². The molecule has 106 valence electrons. The van der Waals surface area contributed by atoms with E-state index < -0.39 is 0 Å². The lowest BCUT2D eigenvalue weighted by Gasteiger charge is -2.22. The summed E-state index contributed by atoms with van der Waals surface area (Å²) in [6.07, 6.45) is 5.31. The quantitative estimate of drug-likeness (QED) is 0.835. The second-order valence-electron chi connectivity index (χ2n) is 5.96. The molecule has 2 aliphatic carbocycles. The molecule has 0 radical (unpaired) electrons. The second kappa shape index (κ2) is 5.95. The Labute approximate surface area is 120 Å². The fraction of sp³-hybridized carbons (Fsp3) is 0.529. The van der Waals surface area contributed by atoms with Gasteiger partial charge in [-0.1, -0.05) is 11.8 Å². The molecule has 0 aliphatic heterocycles. The molecule has 0 atom stereocenters. The van der Waals surface area contributed by atoms with Gasteiger partial charge in [-0.3, -0.25) is 4.90 Å². The van der Waals surface area contributed by atoms with Gasteiger partial charge in [-0.15, -0.1) is 0 Å². The molecule has 0 bridgehead atoms. The Kier molecular flexibility index (Phi) is 4.05. The Balaban J connectivity index is 1.72. The van der Waals surface area contributed by atoms with Crippen molar-refractivity contribution in [3.05, 3.63) is 35.1 Å². The highest BCUT2D eigenvalue weighted by atomic mass is 19.1. The first-order chi connectivity index (χ1) is 9.74. The SMILES string of the molecule is NCC#Cc1cc(F)cc(CN(CC2CC2)C2CC2)c1. The van der Waals surface area contributed by atoms with Gasteiger partial charge in [0.2, 0.25) is 0 Å². The summed E-state index contributed by atoms with van der Waals surface area (Å²) in [5, 5.41) is 0. The largest absolute Gasteiger partial charge is 0.320 e. The number of halogens is 1. The summed E-state index contributed by atoms with van der Waals surface area (Å²) in [5.74, 6) is 6.38. The van der Waals surface area contributed by atoms with Gasteiger partial charge < -0.3 is 5.73 Å². The molecule has 2 nitrogen and oxygen atoms in total.